The average Bonchev–Trinajstić information content (AvgIpc) is 2.16. The fourth-order valence-electron chi connectivity index (χ4n) is 2.70. The van der Waals surface area contributed by atoms with Crippen molar-refractivity contribution in [3.05, 3.63) is 0 Å². The zero-order chi connectivity index (χ0) is 10.7. The molecule has 4 nitrogen and oxygen atoms in total. The standard InChI is InChI=1S/C11H22N4/c12-11(13)14-6-9-7-15(8-9)10-4-2-1-3-5-10/h9-10H,1-8H2,(H4,12,13,14). The summed E-state index contributed by atoms with van der Waals surface area (Å²) in [6, 6.07) is 0.856. The molecule has 0 bridgehead atoms. The summed E-state index contributed by atoms with van der Waals surface area (Å²) >= 11 is 0. The summed E-state index contributed by atoms with van der Waals surface area (Å²) in [4.78, 5) is 6.67. The van der Waals surface area contributed by atoms with Gasteiger partial charge >= 0.3 is 0 Å². The molecule has 1 aliphatic heterocycles. The third-order valence-electron chi connectivity index (χ3n) is 3.61. The first-order valence-electron chi connectivity index (χ1n) is 6.05. The van der Waals surface area contributed by atoms with E-state index >= 15 is 0 Å². The van der Waals surface area contributed by atoms with Crippen molar-refractivity contribution in [2.75, 3.05) is 19.6 Å². The largest absolute Gasteiger partial charge is 0.370 e. The fraction of sp³-hybridized carbons (Fsp3) is 0.909. The van der Waals surface area contributed by atoms with Gasteiger partial charge in [0.15, 0.2) is 5.96 Å². The smallest absolute Gasteiger partial charge is 0.185 e. The molecule has 1 saturated carbocycles. The predicted octanol–water partition coefficient (Wildman–Crippen LogP) is 0.524. The Hall–Kier alpha value is -0.770. The van der Waals surface area contributed by atoms with Crippen molar-refractivity contribution < 1.29 is 0 Å². The molecule has 15 heavy (non-hydrogen) atoms. The first kappa shape index (κ1) is 10.7. The van der Waals surface area contributed by atoms with Gasteiger partial charge < -0.3 is 11.5 Å². The molecular formula is C11H22N4. The molecule has 0 unspecified atom stereocenters. The molecule has 0 aromatic carbocycles. The number of likely N-dealkylation sites (tertiary alicyclic amines) is 1. The van der Waals surface area contributed by atoms with Crippen molar-refractivity contribution >= 4 is 5.96 Å². The van der Waals surface area contributed by atoms with Crippen molar-refractivity contribution in [3.8, 4) is 0 Å². The topological polar surface area (TPSA) is 67.6 Å². The summed E-state index contributed by atoms with van der Waals surface area (Å²) in [5.41, 5.74) is 10.6. The molecule has 0 aromatic heterocycles. The number of aliphatic imine (C=N–C) groups is 1. The molecule has 1 saturated heterocycles. The predicted molar refractivity (Wildman–Crippen MR) is 62.6 cm³/mol. The molecule has 0 amide bonds. The Balaban J connectivity index is 1.66. The monoisotopic (exact) mass is 210 g/mol. The SMILES string of the molecule is NC(N)=NCC1CN(C2CCCCC2)C1. The minimum atomic E-state index is 0.228. The number of nitrogens with two attached hydrogens (primary N) is 2. The second kappa shape index (κ2) is 4.84. The number of hydrogen-bond acceptors (Lipinski definition) is 2. The highest BCUT2D eigenvalue weighted by Crippen LogP contribution is 2.28. The molecule has 4 heteroatoms. The van der Waals surface area contributed by atoms with Gasteiger partial charge in [-0.25, -0.2) is 0 Å². The molecule has 0 spiro atoms. The lowest BCUT2D eigenvalue weighted by atomic mass is 9.89. The Morgan fingerprint density at radius 2 is 1.80 bits per heavy atom. The van der Waals surface area contributed by atoms with E-state index in [0.29, 0.717) is 5.92 Å². The maximum atomic E-state index is 5.31. The van der Waals surface area contributed by atoms with E-state index in [0.717, 1.165) is 12.6 Å². The first-order chi connectivity index (χ1) is 7.25. The van der Waals surface area contributed by atoms with Crippen LogP contribution in [0.1, 0.15) is 32.1 Å². The van der Waals surface area contributed by atoms with Gasteiger partial charge in [-0.05, 0) is 12.8 Å². The normalized spacial score (nSPS) is 24.8. The molecule has 86 valence electrons. The van der Waals surface area contributed by atoms with E-state index in [9.17, 15) is 0 Å². The van der Waals surface area contributed by atoms with Gasteiger partial charge in [0, 0.05) is 31.6 Å². The summed E-state index contributed by atoms with van der Waals surface area (Å²) in [6.45, 7) is 3.20. The van der Waals surface area contributed by atoms with Crippen LogP contribution in [-0.2, 0) is 0 Å². The summed E-state index contributed by atoms with van der Waals surface area (Å²) in [5, 5.41) is 0. The number of guanidine groups is 1. The maximum Gasteiger partial charge on any atom is 0.185 e. The van der Waals surface area contributed by atoms with E-state index in [1.54, 1.807) is 0 Å². The van der Waals surface area contributed by atoms with Crippen molar-refractivity contribution in [2.45, 2.75) is 38.1 Å². The minimum absolute atomic E-state index is 0.228. The number of hydrogen-bond donors (Lipinski definition) is 2. The fourth-order valence-corrected chi connectivity index (χ4v) is 2.70. The zero-order valence-electron chi connectivity index (χ0n) is 9.36. The number of nitrogens with zero attached hydrogens (tertiary/aromatic N) is 2. The van der Waals surface area contributed by atoms with Crippen LogP contribution in [0.5, 0.6) is 0 Å². The van der Waals surface area contributed by atoms with E-state index < -0.39 is 0 Å². The van der Waals surface area contributed by atoms with Crippen LogP contribution < -0.4 is 11.5 Å². The summed E-state index contributed by atoms with van der Waals surface area (Å²) in [5.74, 6) is 0.917. The van der Waals surface area contributed by atoms with Gasteiger partial charge in [0.1, 0.15) is 0 Å². The van der Waals surface area contributed by atoms with Gasteiger partial charge in [-0.3, -0.25) is 9.89 Å². The Kier molecular flexibility index (Phi) is 3.46. The van der Waals surface area contributed by atoms with Crippen LogP contribution in [0.15, 0.2) is 4.99 Å². The molecule has 0 radical (unpaired) electrons. The van der Waals surface area contributed by atoms with Crippen LogP contribution in [0.3, 0.4) is 0 Å². The van der Waals surface area contributed by atoms with Crippen LogP contribution in [0.25, 0.3) is 0 Å². The highest BCUT2D eigenvalue weighted by molar-refractivity contribution is 5.75. The molecule has 1 heterocycles. The number of rotatable bonds is 3. The van der Waals surface area contributed by atoms with E-state index in [1.165, 1.54) is 45.2 Å². The molecule has 2 fully saturated rings. The van der Waals surface area contributed by atoms with Gasteiger partial charge in [-0.2, -0.15) is 0 Å². The Morgan fingerprint density at radius 1 is 1.13 bits per heavy atom. The Morgan fingerprint density at radius 3 is 2.40 bits per heavy atom. The van der Waals surface area contributed by atoms with Crippen molar-refractivity contribution in [2.24, 2.45) is 22.4 Å². The highest BCUT2D eigenvalue weighted by Gasteiger charge is 2.32. The van der Waals surface area contributed by atoms with Crippen molar-refractivity contribution in [3.63, 3.8) is 0 Å². The molecule has 4 N–H and O–H groups in total. The lowest BCUT2D eigenvalue weighted by Gasteiger charge is -2.45. The maximum absolute atomic E-state index is 5.31. The molecule has 2 rings (SSSR count). The Bertz CT molecular complexity index is 223. The molecule has 1 aliphatic carbocycles. The highest BCUT2D eigenvalue weighted by atomic mass is 15.2. The van der Waals surface area contributed by atoms with Gasteiger partial charge in [0.2, 0.25) is 0 Å². The molecule has 0 aromatic rings. The zero-order valence-corrected chi connectivity index (χ0v) is 9.36. The lowest BCUT2D eigenvalue weighted by Crippen LogP contribution is -2.53. The van der Waals surface area contributed by atoms with Crippen LogP contribution in [0.2, 0.25) is 0 Å². The van der Waals surface area contributed by atoms with Gasteiger partial charge in [0.25, 0.3) is 0 Å². The quantitative estimate of drug-likeness (QED) is 0.527. The van der Waals surface area contributed by atoms with Gasteiger partial charge in [-0.1, -0.05) is 19.3 Å². The van der Waals surface area contributed by atoms with E-state index in [4.69, 9.17) is 11.5 Å². The molecular weight excluding hydrogens is 188 g/mol. The summed E-state index contributed by atoms with van der Waals surface area (Å²) in [7, 11) is 0. The Labute approximate surface area is 91.7 Å². The molecule has 0 atom stereocenters. The van der Waals surface area contributed by atoms with E-state index in [-0.39, 0.29) is 5.96 Å². The third-order valence-corrected chi connectivity index (χ3v) is 3.61. The van der Waals surface area contributed by atoms with Crippen molar-refractivity contribution in [1.82, 2.24) is 4.90 Å². The lowest BCUT2D eigenvalue weighted by molar-refractivity contribution is 0.0397. The van der Waals surface area contributed by atoms with E-state index in [2.05, 4.69) is 9.89 Å². The van der Waals surface area contributed by atoms with Crippen molar-refractivity contribution in [1.29, 1.82) is 0 Å². The van der Waals surface area contributed by atoms with E-state index in [1.807, 2.05) is 0 Å². The minimum Gasteiger partial charge on any atom is -0.370 e. The summed E-state index contributed by atoms with van der Waals surface area (Å²) < 4.78 is 0. The average molecular weight is 210 g/mol. The molecule has 2 aliphatic rings. The first-order valence-corrected chi connectivity index (χ1v) is 6.05. The van der Waals surface area contributed by atoms with Crippen LogP contribution >= 0.6 is 0 Å². The van der Waals surface area contributed by atoms with Crippen LogP contribution in [0, 0.1) is 5.92 Å². The van der Waals surface area contributed by atoms with Gasteiger partial charge in [0.05, 0.1) is 0 Å². The summed E-state index contributed by atoms with van der Waals surface area (Å²) in [6.07, 6.45) is 7.06. The third kappa shape index (κ3) is 2.84. The van der Waals surface area contributed by atoms with Crippen LogP contribution in [-0.4, -0.2) is 36.5 Å². The second-order valence-electron chi connectivity index (χ2n) is 4.88. The van der Waals surface area contributed by atoms with Crippen LogP contribution in [0.4, 0.5) is 0 Å². The van der Waals surface area contributed by atoms with Gasteiger partial charge in [-0.15, -0.1) is 0 Å². The second-order valence-corrected chi connectivity index (χ2v) is 4.88.